The summed E-state index contributed by atoms with van der Waals surface area (Å²) in [7, 11) is 0. The topological polar surface area (TPSA) is 30.2 Å². The van der Waals surface area contributed by atoms with Crippen molar-refractivity contribution in [3.05, 3.63) is 47.5 Å². The molecule has 17 heavy (non-hydrogen) atoms. The lowest BCUT2D eigenvalue weighted by Crippen LogP contribution is -2.09. The van der Waals surface area contributed by atoms with Crippen LogP contribution in [0.2, 0.25) is 0 Å². The van der Waals surface area contributed by atoms with E-state index in [1.807, 2.05) is 13.0 Å². The van der Waals surface area contributed by atoms with Crippen molar-refractivity contribution in [3.63, 3.8) is 0 Å². The van der Waals surface area contributed by atoms with E-state index in [4.69, 9.17) is 4.42 Å². The van der Waals surface area contributed by atoms with Crippen molar-refractivity contribution in [2.45, 2.75) is 33.1 Å². The smallest absolute Gasteiger partial charge is 0.166 e. The number of allylic oxidation sites excluding steroid dienone is 3. The summed E-state index contributed by atoms with van der Waals surface area (Å²) in [6, 6.07) is 0. The Balaban J connectivity index is 2.41. The van der Waals surface area contributed by atoms with E-state index in [9.17, 15) is 4.79 Å². The predicted molar refractivity (Wildman–Crippen MR) is 68.2 cm³/mol. The Bertz CT molecular complexity index is 477. The number of aryl methyl sites for hydroxylation is 1. The van der Waals surface area contributed by atoms with Crippen LogP contribution in [0.5, 0.6) is 0 Å². The van der Waals surface area contributed by atoms with Gasteiger partial charge in [-0.25, -0.2) is 0 Å². The fraction of sp³-hybridized carbons (Fsp3) is 0.400. The Kier molecular flexibility index (Phi) is 3.32. The van der Waals surface area contributed by atoms with E-state index in [0.717, 1.165) is 28.9 Å². The molecule has 0 fully saturated rings. The highest BCUT2D eigenvalue weighted by molar-refractivity contribution is 5.98. The van der Waals surface area contributed by atoms with E-state index in [-0.39, 0.29) is 5.78 Å². The Morgan fingerprint density at radius 2 is 2.24 bits per heavy atom. The molecule has 1 aliphatic rings. The fourth-order valence-electron chi connectivity index (χ4n) is 2.24. The van der Waals surface area contributed by atoms with Gasteiger partial charge in [-0.15, -0.1) is 0 Å². The molecule has 0 spiro atoms. The van der Waals surface area contributed by atoms with Gasteiger partial charge in [0.2, 0.25) is 0 Å². The zero-order valence-electron chi connectivity index (χ0n) is 10.5. The summed E-state index contributed by atoms with van der Waals surface area (Å²) in [5.41, 5.74) is 2.70. The van der Waals surface area contributed by atoms with Crippen LogP contribution < -0.4 is 0 Å². The Labute approximate surface area is 102 Å². The van der Waals surface area contributed by atoms with E-state index in [0.29, 0.717) is 18.8 Å². The summed E-state index contributed by atoms with van der Waals surface area (Å²) < 4.78 is 5.48. The third kappa shape index (κ3) is 2.57. The molecule has 1 aliphatic carbocycles. The summed E-state index contributed by atoms with van der Waals surface area (Å²) in [6.45, 7) is 8.01. The van der Waals surface area contributed by atoms with Gasteiger partial charge < -0.3 is 4.42 Å². The molecule has 0 N–H and O–H groups in total. The minimum absolute atomic E-state index is 0.196. The highest BCUT2D eigenvalue weighted by Gasteiger charge is 2.20. The molecule has 1 aromatic heterocycles. The van der Waals surface area contributed by atoms with Gasteiger partial charge in [0.05, 0.1) is 11.8 Å². The first-order valence-corrected chi connectivity index (χ1v) is 6.02. The Hall–Kier alpha value is -1.57. The summed E-state index contributed by atoms with van der Waals surface area (Å²) in [5.74, 6) is 1.32. The molecule has 0 aliphatic heterocycles. The molecule has 0 bridgehead atoms. The van der Waals surface area contributed by atoms with Crippen LogP contribution >= 0.6 is 0 Å². The van der Waals surface area contributed by atoms with Crippen LogP contribution in [-0.2, 0) is 6.42 Å². The van der Waals surface area contributed by atoms with Gasteiger partial charge in [0, 0.05) is 12.8 Å². The quantitative estimate of drug-likeness (QED) is 0.677. The van der Waals surface area contributed by atoms with E-state index in [2.05, 4.69) is 19.6 Å². The number of carbonyl (C=O) groups excluding carboxylic acids is 1. The molecule has 2 rings (SSSR count). The zero-order valence-corrected chi connectivity index (χ0v) is 10.5. The highest BCUT2D eigenvalue weighted by atomic mass is 16.3. The molecule has 0 aromatic carbocycles. The summed E-state index contributed by atoms with van der Waals surface area (Å²) in [5, 5.41) is 0. The van der Waals surface area contributed by atoms with Gasteiger partial charge in [-0.2, -0.15) is 0 Å². The number of Topliss-reactive ketones (excluding diaryl/α,β-unsaturated/α-hetero) is 1. The normalized spacial score (nSPS) is 23.3. The van der Waals surface area contributed by atoms with E-state index >= 15 is 0 Å². The third-order valence-electron chi connectivity index (χ3n) is 3.14. The predicted octanol–water partition coefficient (Wildman–Crippen LogP) is 3.86. The first-order chi connectivity index (χ1) is 8.08. The molecule has 2 nitrogen and oxygen atoms in total. The molecular formula is C15H18O2. The molecule has 2 heteroatoms. The van der Waals surface area contributed by atoms with E-state index < -0.39 is 0 Å². The molecule has 0 radical (unpaired) electrons. The second kappa shape index (κ2) is 4.74. The number of fused-ring (bicyclic) bond motifs is 1. The van der Waals surface area contributed by atoms with Gasteiger partial charge in [-0.05, 0) is 30.4 Å². The van der Waals surface area contributed by atoms with Gasteiger partial charge in [0.25, 0.3) is 0 Å². The van der Waals surface area contributed by atoms with Gasteiger partial charge in [-0.3, -0.25) is 4.79 Å². The SMILES string of the molecule is C=C1/C=C\C[C@H](C)CC(=O)c2c(C)coc2C1. The van der Waals surface area contributed by atoms with E-state index in [1.165, 1.54) is 0 Å². The van der Waals surface area contributed by atoms with Crippen LogP contribution in [0.25, 0.3) is 0 Å². The van der Waals surface area contributed by atoms with Crippen molar-refractivity contribution in [1.29, 1.82) is 0 Å². The van der Waals surface area contributed by atoms with Gasteiger partial charge in [0.15, 0.2) is 5.78 Å². The fourth-order valence-corrected chi connectivity index (χ4v) is 2.24. The van der Waals surface area contributed by atoms with Gasteiger partial charge in [-0.1, -0.05) is 25.7 Å². The average molecular weight is 230 g/mol. The first kappa shape index (κ1) is 11.9. The molecule has 0 unspecified atom stereocenters. The maximum absolute atomic E-state index is 12.2. The van der Waals surface area contributed by atoms with Crippen molar-refractivity contribution in [2.24, 2.45) is 5.92 Å². The lowest BCUT2D eigenvalue weighted by Gasteiger charge is -2.11. The number of furan rings is 1. The van der Waals surface area contributed by atoms with Crippen molar-refractivity contribution >= 4 is 5.78 Å². The molecular weight excluding hydrogens is 212 g/mol. The summed E-state index contributed by atoms with van der Waals surface area (Å²) in [4.78, 5) is 12.2. The summed E-state index contributed by atoms with van der Waals surface area (Å²) in [6.07, 6.45) is 7.94. The van der Waals surface area contributed by atoms with Crippen molar-refractivity contribution in [1.82, 2.24) is 0 Å². The van der Waals surface area contributed by atoms with Crippen molar-refractivity contribution < 1.29 is 9.21 Å². The van der Waals surface area contributed by atoms with Crippen LogP contribution in [0.15, 0.2) is 35.0 Å². The van der Waals surface area contributed by atoms with Crippen molar-refractivity contribution in [2.75, 3.05) is 0 Å². The minimum atomic E-state index is 0.196. The number of ketones is 1. The Morgan fingerprint density at radius 3 is 3.00 bits per heavy atom. The lowest BCUT2D eigenvalue weighted by atomic mass is 9.92. The number of carbonyl (C=O) groups is 1. The zero-order chi connectivity index (χ0) is 12.4. The summed E-state index contributed by atoms with van der Waals surface area (Å²) >= 11 is 0. The lowest BCUT2D eigenvalue weighted by molar-refractivity contribution is 0.0962. The number of rotatable bonds is 0. The molecule has 0 saturated carbocycles. The molecule has 0 saturated heterocycles. The second-order valence-electron chi connectivity index (χ2n) is 4.92. The second-order valence-corrected chi connectivity index (χ2v) is 4.92. The average Bonchev–Trinajstić information content (AvgIpc) is 2.58. The van der Waals surface area contributed by atoms with Crippen LogP contribution in [0.1, 0.15) is 41.4 Å². The van der Waals surface area contributed by atoms with Crippen LogP contribution in [0.4, 0.5) is 0 Å². The Morgan fingerprint density at radius 1 is 1.47 bits per heavy atom. The first-order valence-electron chi connectivity index (χ1n) is 6.02. The van der Waals surface area contributed by atoms with E-state index in [1.54, 1.807) is 6.26 Å². The monoisotopic (exact) mass is 230 g/mol. The van der Waals surface area contributed by atoms with Crippen molar-refractivity contribution in [3.8, 4) is 0 Å². The van der Waals surface area contributed by atoms with Gasteiger partial charge >= 0.3 is 0 Å². The molecule has 1 heterocycles. The maximum Gasteiger partial charge on any atom is 0.166 e. The number of hydrogen-bond donors (Lipinski definition) is 0. The van der Waals surface area contributed by atoms with Crippen LogP contribution in [0.3, 0.4) is 0 Å². The largest absolute Gasteiger partial charge is 0.468 e. The van der Waals surface area contributed by atoms with Crippen LogP contribution in [0, 0.1) is 12.8 Å². The van der Waals surface area contributed by atoms with Gasteiger partial charge in [0.1, 0.15) is 5.76 Å². The minimum Gasteiger partial charge on any atom is -0.468 e. The highest BCUT2D eigenvalue weighted by Crippen LogP contribution is 2.25. The third-order valence-corrected chi connectivity index (χ3v) is 3.14. The molecule has 90 valence electrons. The standard InChI is InChI=1S/C15H18O2/c1-10-5-4-6-11(2)8-14-15(13(16)7-10)12(3)9-17-14/h4,6,9-10H,2,5,7-8H2,1,3H3/b6-4-/t10-/m0/s1. The van der Waals surface area contributed by atoms with Crippen LogP contribution in [-0.4, -0.2) is 5.78 Å². The molecule has 1 atom stereocenters. The maximum atomic E-state index is 12.2. The molecule has 1 aromatic rings. The number of hydrogen-bond acceptors (Lipinski definition) is 2. The molecule has 0 amide bonds.